The molecule has 2 aromatic rings. The molecule has 136 valence electrons. The summed E-state index contributed by atoms with van der Waals surface area (Å²) in [6.45, 7) is 2.06. The molecule has 0 bridgehead atoms. The summed E-state index contributed by atoms with van der Waals surface area (Å²) in [4.78, 5) is 19.4. The molecule has 1 fully saturated rings. The van der Waals surface area contributed by atoms with Gasteiger partial charge >= 0.3 is 0 Å². The van der Waals surface area contributed by atoms with Crippen LogP contribution in [0.15, 0.2) is 30.6 Å². The summed E-state index contributed by atoms with van der Waals surface area (Å²) in [6, 6.07) is 5.12. The Hall–Kier alpha value is -2.25. The summed E-state index contributed by atoms with van der Waals surface area (Å²) in [6.07, 6.45) is 3.64. The van der Waals surface area contributed by atoms with Crippen LogP contribution in [0.4, 0.5) is 0 Å². The van der Waals surface area contributed by atoms with Crippen molar-refractivity contribution in [1.82, 2.24) is 19.8 Å². The van der Waals surface area contributed by atoms with E-state index in [-0.39, 0.29) is 24.4 Å². The largest absolute Gasteiger partial charge is 0.497 e. The number of carbonyl (C=O) groups excluding carboxylic acids is 1. The first kappa shape index (κ1) is 19.1. The fourth-order valence-corrected chi connectivity index (χ4v) is 2.97. The fourth-order valence-electron chi connectivity index (χ4n) is 2.97. The van der Waals surface area contributed by atoms with Crippen LogP contribution in [0.25, 0.3) is 0 Å². The molecule has 1 amide bonds. The number of imidazole rings is 1. The number of piperazine rings is 1. The molecule has 1 unspecified atom stereocenters. The molecule has 1 saturated heterocycles. The first-order valence-corrected chi connectivity index (χ1v) is 7.86. The van der Waals surface area contributed by atoms with Gasteiger partial charge in [-0.3, -0.25) is 4.79 Å². The molecule has 1 aliphatic heterocycles. The van der Waals surface area contributed by atoms with E-state index in [0.29, 0.717) is 30.2 Å². The van der Waals surface area contributed by atoms with Gasteiger partial charge in [-0.25, -0.2) is 4.98 Å². The van der Waals surface area contributed by atoms with Crippen LogP contribution in [0.3, 0.4) is 0 Å². The van der Waals surface area contributed by atoms with Gasteiger partial charge in [0.2, 0.25) is 0 Å². The van der Waals surface area contributed by atoms with Gasteiger partial charge in [-0.15, -0.1) is 12.4 Å². The van der Waals surface area contributed by atoms with Gasteiger partial charge in [0.15, 0.2) is 0 Å². The van der Waals surface area contributed by atoms with Crippen LogP contribution in [0, 0.1) is 0 Å². The van der Waals surface area contributed by atoms with Gasteiger partial charge in [0.1, 0.15) is 23.4 Å². The van der Waals surface area contributed by atoms with E-state index in [1.54, 1.807) is 38.6 Å². The van der Waals surface area contributed by atoms with Crippen LogP contribution in [-0.4, -0.2) is 54.2 Å². The van der Waals surface area contributed by atoms with Crippen LogP contribution in [0.2, 0.25) is 0 Å². The molecule has 1 atom stereocenters. The van der Waals surface area contributed by atoms with Crippen molar-refractivity contribution in [2.24, 2.45) is 7.05 Å². The lowest BCUT2D eigenvalue weighted by atomic mass is 10.1. The Kier molecular flexibility index (Phi) is 6.27. The second-order valence-corrected chi connectivity index (χ2v) is 5.72. The lowest BCUT2D eigenvalue weighted by Crippen LogP contribution is -2.49. The van der Waals surface area contributed by atoms with Gasteiger partial charge in [0, 0.05) is 50.7 Å². The van der Waals surface area contributed by atoms with Crippen molar-refractivity contribution in [2.75, 3.05) is 33.9 Å². The SMILES string of the molecule is COc1cc(OC)cc(C(=O)N2CCNCC2c2nccn2C)c1.Cl. The van der Waals surface area contributed by atoms with Crippen LogP contribution in [-0.2, 0) is 7.05 Å². The maximum atomic E-state index is 13.1. The van der Waals surface area contributed by atoms with Gasteiger partial charge in [0.25, 0.3) is 5.91 Å². The standard InChI is InChI=1S/C17H22N4O3.ClH/c1-20-6-5-19-16(20)15-11-18-4-7-21(15)17(22)12-8-13(23-2)10-14(9-12)24-3;/h5-6,8-10,15,18H,4,7,11H2,1-3H3;1H. The smallest absolute Gasteiger partial charge is 0.254 e. The van der Waals surface area contributed by atoms with Crippen molar-refractivity contribution in [2.45, 2.75) is 6.04 Å². The van der Waals surface area contributed by atoms with E-state index in [1.807, 2.05) is 22.7 Å². The second kappa shape index (κ2) is 8.22. The molecule has 2 heterocycles. The maximum absolute atomic E-state index is 13.1. The van der Waals surface area contributed by atoms with E-state index < -0.39 is 0 Å². The first-order valence-electron chi connectivity index (χ1n) is 7.86. The van der Waals surface area contributed by atoms with Gasteiger partial charge in [-0.05, 0) is 12.1 Å². The molecule has 0 spiro atoms. The number of carbonyl (C=O) groups is 1. The highest BCUT2D eigenvalue weighted by Crippen LogP contribution is 2.27. The lowest BCUT2D eigenvalue weighted by Gasteiger charge is -2.35. The summed E-state index contributed by atoms with van der Waals surface area (Å²) in [7, 11) is 5.09. The van der Waals surface area contributed by atoms with E-state index in [4.69, 9.17) is 9.47 Å². The molecular formula is C17H23ClN4O3. The van der Waals surface area contributed by atoms with Crippen LogP contribution in [0.1, 0.15) is 22.2 Å². The van der Waals surface area contributed by atoms with Crippen LogP contribution >= 0.6 is 12.4 Å². The molecule has 1 N–H and O–H groups in total. The minimum Gasteiger partial charge on any atom is -0.497 e. The third-order valence-electron chi connectivity index (χ3n) is 4.26. The zero-order valence-electron chi connectivity index (χ0n) is 14.6. The van der Waals surface area contributed by atoms with Crippen molar-refractivity contribution in [3.05, 3.63) is 42.0 Å². The molecule has 25 heavy (non-hydrogen) atoms. The zero-order valence-corrected chi connectivity index (χ0v) is 15.4. The number of benzene rings is 1. The molecule has 0 saturated carbocycles. The number of nitrogens with zero attached hydrogens (tertiary/aromatic N) is 3. The monoisotopic (exact) mass is 366 g/mol. The van der Waals surface area contributed by atoms with Crippen LogP contribution < -0.4 is 14.8 Å². The summed E-state index contributed by atoms with van der Waals surface area (Å²) < 4.78 is 12.5. The molecular weight excluding hydrogens is 344 g/mol. The predicted molar refractivity (Wildman–Crippen MR) is 96.6 cm³/mol. The number of hydrogen-bond donors (Lipinski definition) is 1. The Labute approximate surface area is 153 Å². The van der Waals surface area contributed by atoms with E-state index >= 15 is 0 Å². The Balaban J connectivity index is 0.00000225. The highest BCUT2D eigenvalue weighted by atomic mass is 35.5. The number of rotatable bonds is 4. The molecule has 1 aliphatic rings. The van der Waals surface area contributed by atoms with E-state index in [9.17, 15) is 4.79 Å². The van der Waals surface area contributed by atoms with Gasteiger partial charge in [0.05, 0.1) is 14.2 Å². The molecule has 3 rings (SSSR count). The average Bonchev–Trinajstić information content (AvgIpc) is 3.06. The molecule has 1 aromatic carbocycles. The summed E-state index contributed by atoms with van der Waals surface area (Å²) in [5, 5.41) is 3.34. The quantitative estimate of drug-likeness (QED) is 0.891. The summed E-state index contributed by atoms with van der Waals surface area (Å²) >= 11 is 0. The molecule has 1 aromatic heterocycles. The Morgan fingerprint density at radius 1 is 1.24 bits per heavy atom. The number of aryl methyl sites for hydroxylation is 1. The summed E-state index contributed by atoms with van der Waals surface area (Å²) in [5.74, 6) is 2.01. The predicted octanol–water partition coefficient (Wildman–Crippen LogP) is 1.65. The Morgan fingerprint density at radius 2 is 1.92 bits per heavy atom. The number of halogens is 1. The van der Waals surface area contributed by atoms with Crippen molar-refractivity contribution in [3.63, 3.8) is 0 Å². The van der Waals surface area contributed by atoms with Gasteiger partial charge in [-0.2, -0.15) is 0 Å². The molecule has 7 nitrogen and oxygen atoms in total. The highest BCUT2D eigenvalue weighted by molar-refractivity contribution is 5.95. The topological polar surface area (TPSA) is 68.6 Å². The lowest BCUT2D eigenvalue weighted by molar-refractivity contribution is 0.0620. The fraction of sp³-hybridized carbons (Fsp3) is 0.412. The van der Waals surface area contributed by atoms with Gasteiger partial charge < -0.3 is 24.3 Å². The molecule has 8 heteroatoms. The molecule has 0 radical (unpaired) electrons. The van der Waals surface area contributed by atoms with Crippen LogP contribution in [0.5, 0.6) is 11.5 Å². The Bertz CT molecular complexity index is 712. The van der Waals surface area contributed by atoms with Crippen molar-refractivity contribution in [1.29, 1.82) is 0 Å². The second-order valence-electron chi connectivity index (χ2n) is 5.72. The highest BCUT2D eigenvalue weighted by Gasteiger charge is 2.31. The van der Waals surface area contributed by atoms with Crippen molar-refractivity contribution < 1.29 is 14.3 Å². The maximum Gasteiger partial charge on any atom is 0.254 e. The van der Waals surface area contributed by atoms with E-state index in [0.717, 1.165) is 12.4 Å². The first-order chi connectivity index (χ1) is 11.6. The minimum absolute atomic E-state index is 0. The average molecular weight is 367 g/mol. The summed E-state index contributed by atoms with van der Waals surface area (Å²) in [5.41, 5.74) is 0.548. The zero-order chi connectivity index (χ0) is 17.1. The number of nitrogens with one attached hydrogen (secondary N) is 1. The van der Waals surface area contributed by atoms with Crippen molar-refractivity contribution >= 4 is 18.3 Å². The molecule has 0 aliphatic carbocycles. The third kappa shape index (κ3) is 3.88. The number of ether oxygens (including phenoxy) is 2. The van der Waals surface area contributed by atoms with Gasteiger partial charge in [-0.1, -0.05) is 0 Å². The Morgan fingerprint density at radius 3 is 2.48 bits per heavy atom. The van der Waals surface area contributed by atoms with E-state index in [2.05, 4.69) is 10.3 Å². The number of methoxy groups -OCH3 is 2. The normalized spacial score (nSPS) is 16.9. The number of amides is 1. The third-order valence-corrected chi connectivity index (χ3v) is 4.26. The minimum atomic E-state index is -0.108. The number of hydrogen-bond acceptors (Lipinski definition) is 5. The van der Waals surface area contributed by atoms with E-state index in [1.165, 1.54) is 0 Å². The number of aromatic nitrogens is 2. The van der Waals surface area contributed by atoms with Crippen molar-refractivity contribution in [3.8, 4) is 11.5 Å².